The molecule has 0 radical (unpaired) electrons. The second-order valence-corrected chi connectivity index (χ2v) is 11.0. The van der Waals surface area contributed by atoms with Gasteiger partial charge in [0.25, 0.3) is 0 Å². The van der Waals surface area contributed by atoms with Gasteiger partial charge >= 0.3 is 0 Å². The predicted octanol–water partition coefficient (Wildman–Crippen LogP) is 11.7. The lowest BCUT2D eigenvalue weighted by Crippen LogP contribution is -2.13. The smallest absolute Gasteiger partial charge is 0.0493 e. The molecular formula is C38H27BrN2. The number of nitrogens with zero attached hydrogens (tertiary/aromatic N) is 2. The first-order valence-electron chi connectivity index (χ1n) is 13.7. The fraction of sp³-hybridized carbons (Fsp3) is 0. The Bertz CT molecular complexity index is 1850. The summed E-state index contributed by atoms with van der Waals surface area (Å²) in [7, 11) is 0. The van der Waals surface area contributed by atoms with Gasteiger partial charge in [0.2, 0.25) is 0 Å². The molecule has 0 unspecified atom stereocenters. The maximum absolute atomic E-state index is 3.87. The maximum atomic E-state index is 3.87. The van der Waals surface area contributed by atoms with Crippen molar-refractivity contribution < 1.29 is 0 Å². The largest absolute Gasteiger partial charge is 0.310 e. The number of anilines is 6. The van der Waals surface area contributed by atoms with E-state index in [1.807, 2.05) is 0 Å². The molecule has 0 saturated heterocycles. The maximum Gasteiger partial charge on any atom is 0.0493 e. The van der Waals surface area contributed by atoms with E-state index in [0.717, 1.165) is 38.6 Å². The Morgan fingerprint density at radius 2 is 0.683 bits per heavy atom. The molecule has 0 aliphatic carbocycles. The molecule has 0 aliphatic rings. The van der Waals surface area contributed by atoms with E-state index in [4.69, 9.17) is 0 Å². The van der Waals surface area contributed by atoms with Crippen molar-refractivity contribution in [2.45, 2.75) is 0 Å². The Balaban J connectivity index is 1.44. The SMILES string of the molecule is Brc1cc(N(c2ccccc2)c2ccccc2)cc(N(c2ccc3ccccc3c2)c2ccc3ccccc3c2)c1. The van der Waals surface area contributed by atoms with Crippen molar-refractivity contribution in [2.24, 2.45) is 0 Å². The molecule has 0 aromatic heterocycles. The number of hydrogen-bond acceptors (Lipinski definition) is 2. The highest BCUT2D eigenvalue weighted by Crippen LogP contribution is 2.43. The Morgan fingerprint density at radius 3 is 1.15 bits per heavy atom. The van der Waals surface area contributed by atoms with Gasteiger partial charge in [-0.05, 0) is 88.3 Å². The number of hydrogen-bond donors (Lipinski definition) is 0. The molecule has 7 aromatic rings. The molecule has 0 fully saturated rings. The zero-order valence-corrected chi connectivity index (χ0v) is 23.9. The standard InChI is InChI=1S/C38H27BrN2/c39-32-25-37(40(33-15-3-1-4-16-33)34-17-5-2-6-18-34)27-38(26-32)41(35-21-19-28-11-7-9-13-30(28)23-35)36-22-20-29-12-8-10-14-31(29)24-36/h1-27H. The van der Waals surface area contributed by atoms with E-state index in [-0.39, 0.29) is 0 Å². The normalized spacial score (nSPS) is 11.0. The van der Waals surface area contributed by atoms with Gasteiger partial charge in [-0.15, -0.1) is 0 Å². The van der Waals surface area contributed by atoms with Crippen LogP contribution in [0.15, 0.2) is 168 Å². The summed E-state index contributed by atoms with van der Waals surface area (Å²) in [4.78, 5) is 4.65. The molecular weight excluding hydrogens is 564 g/mol. The van der Waals surface area contributed by atoms with Gasteiger partial charge in [0.1, 0.15) is 0 Å². The van der Waals surface area contributed by atoms with Crippen molar-refractivity contribution in [3.63, 3.8) is 0 Å². The van der Waals surface area contributed by atoms with Crippen LogP contribution in [-0.2, 0) is 0 Å². The van der Waals surface area contributed by atoms with Gasteiger partial charge in [-0.1, -0.05) is 113 Å². The number of rotatable bonds is 6. The molecule has 0 amide bonds. The Labute approximate surface area is 248 Å². The van der Waals surface area contributed by atoms with Crippen molar-refractivity contribution in [1.82, 2.24) is 0 Å². The molecule has 2 nitrogen and oxygen atoms in total. The summed E-state index contributed by atoms with van der Waals surface area (Å²) in [6, 6.07) is 58.1. The van der Waals surface area contributed by atoms with E-state index in [1.165, 1.54) is 21.5 Å². The second-order valence-electron chi connectivity index (χ2n) is 10.1. The van der Waals surface area contributed by atoms with Gasteiger partial charge in [-0.25, -0.2) is 0 Å². The summed E-state index contributed by atoms with van der Waals surface area (Å²) in [6.45, 7) is 0. The van der Waals surface area contributed by atoms with E-state index >= 15 is 0 Å². The molecule has 41 heavy (non-hydrogen) atoms. The Kier molecular flexibility index (Phi) is 6.72. The molecule has 0 saturated carbocycles. The number of halogens is 1. The van der Waals surface area contributed by atoms with Crippen LogP contribution in [0.5, 0.6) is 0 Å². The summed E-state index contributed by atoms with van der Waals surface area (Å²) < 4.78 is 1.01. The van der Waals surface area contributed by atoms with Crippen LogP contribution in [0.2, 0.25) is 0 Å². The first-order valence-corrected chi connectivity index (χ1v) is 14.5. The average Bonchev–Trinajstić information content (AvgIpc) is 3.02. The van der Waals surface area contributed by atoms with Crippen LogP contribution in [0.25, 0.3) is 21.5 Å². The Morgan fingerprint density at radius 1 is 0.293 bits per heavy atom. The third kappa shape index (κ3) is 5.08. The predicted molar refractivity (Wildman–Crippen MR) is 179 cm³/mol. The molecule has 0 atom stereocenters. The van der Waals surface area contributed by atoms with Gasteiger partial charge < -0.3 is 9.80 Å². The first-order chi connectivity index (χ1) is 20.2. The van der Waals surface area contributed by atoms with Crippen LogP contribution >= 0.6 is 15.9 Å². The van der Waals surface area contributed by atoms with Crippen molar-refractivity contribution in [2.75, 3.05) is 9.80 Å². The lowest BCUT2D eigenvalue weighted by Gasteiger charge is -2.30. The first kappa shape index (κ1) is 25.1. The van der Waals surface area contributed by atoms with Gasteiger partial charge in [0.15, 0.2) is 0 Å². The zero-order valence-electron chi connectivity index (χ0n) is 22.4. The van der Waals surface area contributed by atoms with E-state index in [9.17, 15) is 0 Å². The van der Waals surface area contributed by atoms with Crippen LogP contribution in [0.4, 0.5) is 34.1 Å². The fourth-order valence-electron chi connectivity index (χ4n) is 5.50. The van der Waals surface area contributed by atoms with Crippen molar-refractivity contribution in [3.8, 4) is 0 Å². The molecule has 0 spiro atoms. The third-order valence-corrected chi connectivity index (χ3v) is 7.85. The topological polar surface area (TPSA) is 6.48 Å². The van der Waals surface area contributed by atoms with Crippen LogP contribution < -0.4 is 9.80 Å². The van der Waals surface area contributed by atoms with Gasteiger partial charge in [0.05, 0.1) is 0 Å². The summed E-state index contributed by atoms with van der Waals surface area (Å²) in [5, 5.41) is 4.87. The summed E-state index contributed by atoms with van der Waals surface area (Å²) in [5.41, 5.74) is 6.55. The highest BCUT2D eigenvalue weighted by atomic mass is 79.9. The molecule has 0 heterocycles. The minimum atomic E-state index is 1.01. The van der Waals surface area contributed by atoms with Crippen LogP contribution in [0.1, 0.15) is 0 Å². The molecule has 7 aromatic carbocycles. The molecule has 0 aliphatic heterocycles. The number of para-hydroxylation sites is 2. The lowest BCUT2D eigenvalue weighted by molar-refractivity contribution is 1.25. The van der Waals surface area contributed by atoms with Crippen molar-refractivity contribution in [1.29, 1.82) is 0 Å². The van der Waals surface area contributed by atoms with Crippen LogP contribution in [0, 0.1) is 0 Å². The molecule has 3 heteroatoms. The van der Waals surface area contributed by atoms with Crippen molar-refractivity contribution in [3.05, 3.63) is 168 Å². The fourth-order valence-corrected chi connectivity index (χ4v) is 5.97. The monoisotopic (exact) mass is 590 g/mol. The van der Waals surface area contributed by atoms with E-state index < -0.39 is 0 Å². The highest BCUT2D eigenvalue weighted by Gasteiger charge is 2.19. The van der Waals surface area contributed by atoms with E-state index in [0.29, 0.717) is 0 Å². The molecule has 0 bridgehead atoms. The molecule has 7 rings (SSSR count). The average molecular weight is 592 g/mol. The number of benzene rings is 7. The van der Waals surface area contributed by atoms with E-state index in [1.54, 1.807) is 0 Å². The minimum Gasteiger partial charge on any atom is -0.310 e. The van der Waals surface area contributed by atoms with Crippen molar-refractivity contribution >= 4 is 71.6 Å². The lowest BCUT2D eigenvalue weighted by atomic mass is 10.1. The summed E-state index contributed by atoms with van der Waals surface area (Å²) >= 11 is 3.87. The number of fused-ring (bicyclic) bond motifs is 2. The zero-order chi connectivity index (χ0) is 27.6. The highest BCUT2D eigenvalue weighted by molar-refractivity contribution is 9.10. The minimum absolute atomic E-state index is 1.01. The van der Waals surface area contributed by atoms with Gasteiger partial charge in [-0.3, -0.25) is 0 Å². The van der Waals surface area contributed by atoms with E-state index in [2.05, 4.69) is 190 Å². The van der Waals surface area contributed by atoms with Crippen LogP contribution in [0.3, 0.4) is 0 Å². The van der Waals surface area contributed by atoms with Gasteiger partial charge in [0, 0.05) is 38.6 Å². The summed E-state index contributed by atoms with van der Waals surface area (Å²) in [6.07, 6.45) is 0. The second kappa shape index (κ2) is 11.0. The van der Waals surface area contributed by atoms with Crippen LogP contribution in [-0.4, -0.2) is 0 Å². The molecule has 196 valence electrons. The quantitative estimate of drug-likeness (QED) is 0.190. The molecule has 0 N–H and O–H groups in total. The summed E-state index contributed by atoms with van der Waals surface area (Å²) in [5.74, 6) is 0. The Hall–Kier alpha value is -4.86. The van der Waals surface area contributed by atoms with Gasteiger partial charge in [-0.2, -0.15) is 0 Å². The third-order valence-electron chi connectivity index (χ3n) is 7.39.